The number of piperidine rings is 1. The molecule has 1 aromatic carbocycles. The van der Waals surface area contributed by atoms with E-state index in [0.29, 0.717) is 44.8 Å². The van der Waals surface area contributed by atoms with E-state index in [1.807, 2.05) is 29.2 Å². The molecule has 2 aromatic rings. The number of rotatable bonds is 3. The molecule has 1 spiro atoms. The predicted molar refractivity (Wildman–Crippen MR) is 98.5 cm³/mol. The van der Waals surface area contributed by atoms with E-state index in [2.05, 4.69) is 23.3 Å². The monoisotopic (exact) mass is 353 g/mol. The molecule has 6 nitrogen and oxygen atoms in total. The van der Waals surface area contributed by atoms with Crippen molar-refractivity contribution in [1.29, 1.82) is 0 Å². The van der Waals surface area contributed by atoms with Crippen LogP contribution in [-0.4, -0.2) is 47.9 Å². The summed E-state index contributed by atoms with van der Waals surface area (Å²) in [7, 11) is 0. The number of nitrogens with one attached hydrogen (secondary N) is 1. The lowest BCUT2D eigenvalue weighted by Crippen LogP contribution is -2.47. The molecule has 0 unspecified atom stereocenters. The Morgan fingerprint density at radius 2 is 1.85 bits per heavy atom. The van der Waals surface area contributed by atoms with Crippen LogP contribution in [0.2, 0.25) is 0 Å². The highest BCUT2D eigenvalue weighted by atomic mass is 16.7. The zero-order chi connectivity index (χ0) is 18.0. The van der Waals surface area contributed by atoms with Crippen LogP contribution in [0.4, 0.5) is 11.4 Å². The first-order valence-corrected chi connectivity index (χ1v) is 9.01. The second-order valence-corrected chi connectivity index (χ2v) is 6.77. The van der Waals surface area contributed by atoms with Crippen molar-refractivity contribution >= 4 is 17.3 Å². The maximum Gasteiger partial charge on any atom is 0.272 e. The molecule has 0 radical (unpaired) electrons. The van der Waals surface area contributed by atoms with Crippen LogP contribution < -0.4 is 5.32 Å². The number of carbonyl (C=O) groups excluding carboxylic acids is 1. The van der Waals surface area contributed by atoms with Crippen molar-refractivity contribution in [1.82, 2.24) is 9.88 Å². The van der Waals surface area contributed by atoms with Crippen LogP contribution in [0, 0.1) is 6.92 Å². The third-order valence-corrected chi connectivity index (χ3v) is 5.03. The van der Waals surface area contributed by atoms with Gasteiger partial charge in [0.1, 0.15) is 5.69 Å². The molecule has 26 heavy (non-hydrogen) atoms. The van der Waals surface area contributed by atoms with Crippen molar-refractivity contribution in [3.63, 3.8) is 0 Å². The molecule has 0 saturated carbocycles. The maximum atomic E-state index is 12.7. The van der Waals surface area contributed by atoms with Gasteiger partial charge in [-0.25, -0.2) is 4.98 Å². The molecule has 1 aromatic heterocycles. The molecule has 0 aliphatic carbocycles. The van der Waals surface area contributed by atoms with Gasteiger partial charge in [-0.2, -0.15) is 0 Å². The molecular formula is C20H23N3O3. The van der Waals surface area contributed by atoms with Gasteiger partial charge in [-0.3, -0.25) is 4.79 Å². The number of ether oxygens (including phenoxy) is 2. The number of pyridine rings is 1. The average Bonchev–Trinajstić information content (AvgIpc) is 3.12. The second kappa shape index (κ2) is 7.05. The van der Waals surface area contributed by atoms with Crippen molar-refractivity contribution in [3.05, 3.63) is 53.9 Å². The van der Waals surface area contributed by atoms with E-state index in [0.717, 1.165) is 16.9 Å². The maximum absolute atomic E-state index is 12.7. The van der Waals surface area contributed by atoms with Gasteiger partial charge in [0.25, 0.3) is 5.91 Å². The quantitative estimate of drug-likeness (QED) is 0.919. The number of aryl methyl sites for hydroxylation is 1. The Bertz CT molecular complexity index is 775. The average molecular weight is 353 g/mol. The number of likely N-dealkylation sites (tertiary alicyclic amines) is 1. The van der Waals surface area contributed by atoms with Crippen LogP contribution in [0.5, 0.6) is 0 Å². The fourth-order valence-corrected chi connectivity index (χ4v) is 3.46. The SMILES string of the molecule is Cc1ccccc1Nc1ccc(C(=O)N2CCC3(CC2)OCCO3)nc1. The summed E-state index contributed by atoms with van der Waals surface area (Å²) in [4.78, 5) is 18.9. The smallest absolute Gasteiger partial charge is 0.272 e. The molecule has 1 amide bonds. The number of carbonyl (C=O) groups is 1. The zero-order valence-corrected chi connectivity index (χ0v) is 14.9. The molecular weight excluding hydrogens is 330 g/mol. The Morgan fingerprint density at radius 3 is 2.50 bits per heavy atom. The number of aromatic nitrogens is 1. The van der Waals surface area contributed by atoms with Crippen LogP contribution in [0.3, 0.4) is 0 Å². The first-order valence-electron chi connectivity index (χ1n) is 9.01. The van der Waals surface area contributed by atoms with E-state index < -0.39 is 5.79 Å². The lowest BCUT2D eigenvalue weighted by atomic mass is 10.0. The third kappa shape index (κ3) is 3.43. The Kier molecular flexibility index (Phi) is 4.61. The van der Waals surface area contributed by atoms with Crippen molar-refractivity contribution in [2.75, 3.05) is 31.6 Å². The van der Waals surface area contributed by atoms with E-state index >= 15 is 0 Å². The third-order valence-electron chi connectivity index (χ3n) is 5.03. The van der Waals surface area contributed by atoms with Gasteiger partial charge in [-0.15, -0.1) is 0 Å². The van der Waals surface area contributed by atoms with Gasteiger partial charge in [0.05, 0.1) is 25.1 Å². The molecule has 2 fully saturated rings. The summed E-state index contributed by atoms with van der Waals surface area (Å²) < 4.78 is 11.4. The van der Waals surface area contributed by atoms with Gasteiger partial charge >= 0.3 is 0 Å². The highest BCUT2D eigenvalue weighted by Crippen LogP contribution is 2.31. The minimum absolute atomic E-state index is 0.0414. The fraction of sp³-hybridized carbons (Fsp3) is 0.400. The number of hydrogen-bond acceptors (Lipinski definition) is 5. The van der Waals surface area contributed by atoms with E-state index in [4.69, 9.17) is 9.47 Å². The summed E-state index contributed by atoms with van der Waals surface area (Å²) >= 11 is 0. The van der Waals surface area contributed by atoms with Crippen LogP contribution in [-0.2, 0) is 9.47 Å². The van der Waals surface area contributed by atoms with E-state index in [1.165, 1.54) is 0 Å². The van der Waals surface area contributed by atoms with Crippen molar-refractivity contribution in [3.8, 4) is 0 Å². The van der Waals surface area contributed by atoms with Crippen LogP contribution in [0.25, 0.3) is 0 Å². The van der Waals surface area contributed by atoms with Crippen molar-refractivity contribution in [2.45, 2.75) is 25.6 Å². The highest BCUT2D eigenvalue weighted by Gasteiger charge is 2.40. The summed E-state index contributed by atoms with van der Waals surface area (Å²) in [5, 5.41) is 3.33. The summed E-state index contributed by atoms with van der Waals surface area (Å²) in [6.45, 7) is 4.59. The number of anilines is 2. The molecule has 3 heterocycles. The number of nitrogens with zero attached hydrogens (tertiary/aromatic N) is 2. The van der Waals surface area contributed by atoms with E-state index in [1.54, 1.807) is 12.3 Å². The first kappa shape index (κ1) is 17.0. The number of para-hydroxylation sites is 1. The largest absolute Gasteiger partial charge is 0.354 e. The lowest BCUT2D eigenvalue weighted by Gasteiger charge is -2.37. The highest BCUT2D eigenvalue weighted by molar-refractivity contribution is 5.92. The Balaban J connectivity index is 1.39. The molecule has 2 saturated heterocycles. The minimum atomic E-state index is -0.467. The number of hydrogen-bond donors (Lipinski definition) is 1. The fourth-order valence-electron chi connectivity index (χ4n) is 3.46. The predicted octanol–water partition coefficient (Wildman–Crippen LogP) is 3.11. The molecule has 0 atom stereocenters. The van der Waals surface area contributed by atoms with Gasteiger partial charge < -0.3 is 19.7 Å². The van der Waals surface area contributed by atoms with E-state index in [9.17, 15) is 4.79 Å². The summed E-state index contributed by atoms with van der Waals surface area (Å²) in [5.41, 5.74) is 3.52. The van der Waals surface area contributed by atoms with Gasteiger partial charge in [-0.1, -0.05) is 18.2 Å². The molecule has 0 bridgehead atoms. The van der Waals surface area contributed by atoms with Crippen LogP contribution in [0.15, 0.2) is 42.6 Å². The lowest BCUT2D eigenvalue weighted by molar-refractivity contribution is -0.181. The zero-order valence-electron chi connectivity index (χ0n) is 14.9. The summed E-state index contributed by atoms with van der Waals surface area (Å²) in [6, 6.07) is 11.7. The molecule has 4 rings (SSSR count). The molecule has 2 aliphatic heterocycles. The summed E-state index contributed by atoms with van der Waals surface area (Å²) in [5.74, 6) is -0.508. The van der Waals surface area contributed by atoms with Crippen LogP contribution in [0.1, 0.15) is 28.9 Å². The summed E-state index contributed by atoms with van der Waals surface area (Å²) in [6.07, 6.45) is 3.13. The molecule has 136 valence electrons. The second-order valence-electron chi connectivity index (χ2n) is 6.77. The molecule has 1 N–H and O–H groups in total. The van der Waals surface area contributed by atoms with Gasteiger partial charge in [-0.05, 0) is 30.7 Å². The van der Waals surface area contributed by atoms with Gasteiger partial charge in [0, 0.05) is 31.6 Å². The van der Waals surface area contributed by atoms with Crippen molar-refractivity contribution < 1.29 is 14.3 Å². The normalized spacial score (nSPS) is 18.9. The molecule has 2 aliphatic rings. The van der Waals surface area contributed by atoms with Crippen molar-refractivity contribution in [2.24, 2.45) is 0 Å². The standard InChI is InChI=1S/C20H23N3O3/c1-15-4-2-3-5-17(15)22-16-6-7-18(21-14-16)19(24)23-10-8-20(9-11-23)25-12-13-26-20/h2-7,14,22H,8-13H2,1H3. The first-order chi connectivity index (χ1) is 12.7. The molecule has 6 heteroatoms. The minimum Gasteiger partial charge on any atom is -0.354 e. The number of benzene rings is 1. The topological polar surface area (TPSA) is 63.7 Å². The Labute approximate surface area is 153 Å². The van der Waals surface area contributed by atoms with Crippen LogP contribution >= 0.6 is 0 Å². The van der Waals surface area contributed by atoms with Gasteiger partial charge in [0.2, 0.25) is 0 Å². The van der Waals surface area contributed by atoms with Gasteiger partial charge in [0.15, 0.2) is 5.79 Å². The Hall–Kier alpha value is -2.44. The van der Waals surface area contributed by atoms with E-state index in [-0.39, 0.29) is 5.91 Å². The Morgan fingerprint density at radius 1 is 1.12 bits per heavy atom. The number of amides is 1.